The number of carbonyl (C=O) groups excluding carboxylic acids is 1. The van der Waals surface area contributed by atoms with Gasteiger partial charge in [-0.2, -0.15) is 0 Å². The van der Waals surface area contributed by atoms with E-state index in [0.29, 0.717) is 11.3 Å². The van der Waals surface area contributed by atoms with Crippen molar-refractivity contribution in [1.82, 2.24) is 0 Å². The number of primary amides is 1. The Morgan fingerprint density at radius 3 is 2.63 bits per heavy atom. The lowest BCUT2D eigenvalue weighted by molar-refractivity contribution is 0.100. The Kier molecular flexibility index (Phi) is 4.12. The Morgan fingerprint density at radius 1 is 1.21 bits per heavy atom. The van der Waals surface area contributed by atoms with Crippen molar-refractivity contribution in [3.8, 4) is 0 Å². The zero-order chi connectivity index (χ0) is 13.8. The molecule has 0 spiro atoms. The maximum absolute atomic E-state index is 11.2. The zero-order valence-corrected chi connectivity index (χ0v) is 11.5. The van der Waals surface area contributed by atoms with E-state index < -0.39 is 5.91 Å². The number of thioether (sulfide) groups is 1. The number of anilines is 1. The highest BCUT2D eigenvalue weighted by molar-refractivity contribution is 7.98. The number of hydrogen-bond donors (Lipinski definition) is 2. The molecule has 1 amide bonds. The largest absolute Gasteiger partial charge is 0.398 e. The highest BCUT2D eigenvalue weighted by Gasteiger charge is 2.07. The molecule has 4 heteroatoms. The molecule has 0 aliphatic rings. The number of hydrogen-bond acceptors (Lipinski definition) is 3. The van der Waals surface area contributed by atoms with Crippen molar-refractivity contribution >= 4 is 23.4 Å². The highest BCUT2D eigenvalue weighted by atomic mass is 32.2. The molecule has 0 saturated carbocycles. The Balaban J connectivity index is 2.14. The van der Waals surface area contributed by atoms with Crippen molar-refractivity contribution in [2.24, 2.45) is 5.73 Å². The maximum atomic E-state index is 11.2. The van der Waals surface area contributed by atoms with Gasteiger partial charge in [0, 0.05) is 16.3 Å². The third kappa shape index (κ3) is 3.29. The van der Waals surface area contributed by atoms with Crippen LogP contribution in [0, 0.1) is 6.92 Å². The van der Waals surface area contributed by atoms with E-state index in [9.17, 15) is 4.79 Å². The van der Waals surface area contributed by atoms with Crippen LogP contribution in [0.2, 0.25) is 0 Å². The molecule has 4 N–H and O–H groups in total. The molecule has 0 unspecified atom stereocenters. The lowest BCUT2D eigenvalue weighted by Crippen LogP contribution is -2.13. The molecule has 2 rings (SSSR count). The van der Waals surface area contributed by atoms with E-state index in [-0.39, 0.29) is 0 Å². The number of benzene rings is 2. The van der Waals surface area contributed by atoms with E-state index in [0.717, 1.165) is 10.6 Å². The van der Waals surface area contributed by atoms with Gasteiger partial charge < -0.3 is 11.5 Å². The topological polar surface area (TPSA) is 69.1 Å². The molecule has 0 aliphatic carbocycles. The average Bonchev–Trinajstić information content (AvgIpc) is 2.39. The summed E-state index contributed by atoms with van der Waals surface area (Å²) in [6.07, 6.45) is 0. The smallest absolute Gasteiger partial charge is 0.250 e. The van der Waals surface area contributed by atoms with Crippen LogP contribution in [0.25, 0.3) is 0 Å². The molecule has 0 aliphatic heterocycles. The monoisotopic (exact) mass is 272 g/mol. The van der Waals surface area contributed by atoms with Crippen molar-refractivity contribution in [3.05, 3.63) is 59.2 Å². The summed E-state index contributed by atoms with van der Waals surface area (Å²) in [6, 6.07) is 13.6. The van der Waals surface area contributed by atoms with Crippen LogP contribution in [-0.4, -0.2) is 5.91 Å². The molecular formula is C15H16N2OS. The fraction of sp³-hybridized carbons (Fsp3) is 0.133. The number of amides is 1. The number of aryl methyl sites for hydroxylation is 1. The lowest BCUT2D eigenvalue weighted by atomic mass is 10.1. The van der Waals surface area contributed by atoms with Gasteiger partial charge >= 0.3 is 0 Å². The standard InChI is InChI=1S/C15H16N2OS/c1-10-4-2-3-5-11(10)9-19-12-6-7-14(16)13(8-12)15(17)18/h2-8H,9,16H2,1H3,(H2,17,18). The van der Waals surface area contributed by atoms with Gasteiger partial charge in [0.2, 0.25) is 0 Å². The molecule has 0 bridgehead atoms. The van der Waals surface area contributed by atoms with Crippen molar-refractivity contribution in [1.29, 1.82) is 0 Å². The predicted octanol–water partition coefficient (Wildman–Crippen LogP) is 2.97. The Hall–Kier alpha value is -1.94. The number of nitrogen functional groups attached to an aromatic ring is 1. The molecule has 98 valence electrons. The number of rotatable bonds is 4. The van der Waals surface area contributed by atoms with Gasteiger partial charge in [-0.3, -0.25) is 4.79 Å². The van der Waals surface area contributed by atoms with Crippen LogP contribution in [-0.2, 0) is 5.75 Å². The van der Waals surface area contributed by atoms with Gasteiger partial charge in [-0.25, -0.2) is 0 Å². The van der Waals surface area contributed by atoms with E-state index in [2.05, 4.69) is 19.1 Å². The maximum Gasteiger partial charge on any atom is 0.250 e. The lowest BCUT2D eigenvalue weighted by Gasteiger charge is -2.07. The first-order chi connectivity index (χ1) is 9.08. The summed E-state index contributed by atoms with van der Waals surface area (Å²) in [5, 5.41) is 0. The summed E-state index contributed by atoms with van der Waals surface area (Å²) in [5.41, 5.74) is 14.4. The Bertz CT molecular complexity index is 611. The second kappa shape index (κ2) is 5.80. The SMILES string of the molecule is Cc1ccccc1CSc1ccc(N)c(C(N)=O)c1. The molecule has 0 atom stereocenters. The first-order valence-electron chi connectivity index (χ1n) is 5.94. The fourth-order valence-corrected chi connectivity index (χ4v) is 2.78. The van der Waals surface area contributed by atoms with Gasteiger partial charge in [0.25, 0.3) is 5.91 Å². The minimum atomic E-state index is -0.490. The van der Waals surface area contributed by atoms with Crippen LogP contribution in [0.5, 0.6) is 0 Å². The first kappa shape index (κ1) is 13.5. The van der Waals surface area contributed by atoms with Crippen LogP contribution >= 0.6 is 11.8 Å². The molecule has 3 nitrogen and oxygen atoms in total. The summed E-state index contributed by atoms with van der Waals surface area (Å²) >= 11 is 1.66. The van der Waals surface area contributed by atoms with Crippen molar-refractivity contribution < 1.29 is 4.79 Å². The molecule has 0 radical (unpaired) electrons. The zero-order valence-electron chi connectivity index (χ0n) is 10.7. The van der Waals surface area contributed by atoms with Crippen LogP contribution < -0.4 is 11.5 Å². The van der Waals surface area contributed by atoms with Gasteiger partial charge in [-0.05, 0) is 36.2 Å². The van der Waals surface area contributed by atoms with E-state index in [4.69, 9.17) is 11.5 Å². The van der Waals surface area contributed by atoms with Gasteiger partial charge in [-0.1, -0.05) is 24.3 Å². The number of nitrogens with two attached hydrogens (primary N) is 2. The Morgan fingerprint density at radius 2 is 1.95 bits per heavy atom. The van der Waals surface area contributed by atoms with Gasteiger partial charge in [-0.15, -0.1) is 11.8 Å². The van der Waals surface area contributed by atoms with E-state index >= 15 is 0 Å². The Labute approximate surface area is 117 Å². The van der Waals surface area contributed by atoms with Crippen LogP contribution in [0.1, 0.15) is 21.5 Å². The van der Waals surface area contributed by atoms with E-state index in [1.165, 1.54) is 11.1 Å². The quantitative estimate of drug-likeness (QED) is 0.664. The fourth-order valence-electron chi connectivity index (χ4n) is 1.77. The van der Waals surface area contributed by atoms with Crippen molar-refractivity contribution in [2.75, 3.05) is 5.73 Å². The minimum Gasteiger partial charge on any atom is -0.398 e. The molecule has 2 aromatic rings. The third-order valence-corrected chi connectivity index (χ3v) is 3.99. The molecule has 0 heterocycles. The van der Waals surface area contributed by atoms with Gasteiger partial charge in [0.1, 0.15) is 0 Å². The molecule has 19 heavy (non-hydrogen) atoms. The van der Waals surface area contributed by atoms with Gasteiger partial charge in [0.15, 0.2) is 0 Å². The van der Waals surface area contributed by atoms with Crippen LogP contribution in [0.15, 0.2) is 47.4 Å². The van der Waals surface area contributed by atoms with Crippen LogP contribution in [0.3, 0.4) is 0 Å². The summed E-state index contributed by atoms with van der Waals surface area (Å²) in [4.78, 5) is 12.2. The molecule has 2 aromatic carbocycles. The molecular weight excluding hydrogens is 256 g/mol. The highest BCUT2D eigenvalue weighted by Crippen LogP contribution is 2.26. The average molecular weight is 272 g/mol. The molecule has 0 fully saturated rings. The minimum absolute atomic E-state index is 0.384. The first-order valence-corrected chi connectivity index (χ1v) is 6.93. The normalized spacial score (nSPS) is 10.4. The second-order valence-electron chi connectivity index (χ2n) is 4.33. The summed E-state index contributed by atoms with van der Waals surface area (Å²) < 4.78 is 0. The van der Waals surface area contributed by atoms with Gasteiger partial charge in [0.05, 0.1) is 5.56 Å². The summed E-state index contributed by atoms with van der Waals surface area (Å²) in [5.74, 6) is 0.366. The summed E-state index contributed by atoms with van der Waals surface area (Å²) in [7, 11) is 0. The third-order valence-electron chi connectivity index (χ3n) is 2.95. The van der Waals surface area contributed by atoms with E-state index in [1.54, 1.807) is 23.9 Å². The van der Waals surface area contributed by atoms with E-state index in [1.807, 2.05) is 18.2 Å². The molecule has 0 saturated heterocycles. The second-order valence-corrected chi connectivity index (χ2v) is 5.38. The number of carbonyl (C=O) groups is 1. The molecule has 0 aromatic heterocycles. The van der Waals surface area contributed by atoms with Crippen molar-refractivity contribution in [2.45, 2.75) is 17.6 Å². The summed E-state index contributed by atoms with van der Waals surface area (Å²) in [6.45, 7) is 2.09. The predicted molar refractivity (Wildman–Crippen MR) is 80.1 cm³/mol. The van der Waals surface area contributed by atoms with Crippen LogP contribution in [0.4, 0.5) is 5.69 Å². The van der Waals surface area contributed by atoms with Crippen molar-refractivity contribution in [3.63, 3.8) is 0 Å².